The summed E-state index contributed by atoms with van der Waals surface area (Å²) < 4.78 is 60.7. The lowest BCUT2D eigenvalue weighted by atomic mass is 10.1. The molecule has 0 N–H and O–H groups in total. The SMILES string of the molecule is COc1ccc(-c2cc(COS(C)(=O)=O)c(=O)n(Cc3ccc(F)cc3)n2)cc1F. The third-order valence-electron chi connectivity index (χ3n) is 4.17. The van der Waals surface area contributed by atoms with Crippen LogP contribution in [0, 0.1) is 11.6 Å². The number of nitrogens with zero attached hydrogens (tertiary/aromatic N) is 2. The van der Waals surface area contributed by atoms with Crippen LogP contribution in [-0.2, 0) is 27.5 Å². The Balaban J connectivity index is 2.08. The molecule has 0 radical (unpaired) electrons. The molecule has 0 aliphatic carbocycles. The van der Waals surface area contributed by atoms with Crippen molar-refractivity contribution in [1.82, 2.24) is 9.78 Å². The van der Waals surface area contributed by atoms with E-state index >= 15 is 0 Å². The van der Waals surface area contributed by atoms with Gasteiger partial charge < -0.3 is 4.74 Å². The molecule has 0 saturated carbocycles. The Bertz CT molecular complexity index is 1220. The van der Waals surface area contributed by atoms with E-state index in [1.165, 1.54) is 49.6 Å². The summed E-state index contributed by atoms with van der Waals surface area (Å²) in [5.41, 5.74) is 0.607. The fourth-order valence-electron chi connectivity index (χ4n) is 2.71. The number of halogens is 2. The van der Waals surface area contributed by atoms with E-state index in [4.69, 9.17) is 8.92 Å². The molecular formula is C20H18F2N2O5S. The minimum atomic E-state index is -3.80. The van der Waals surface area contributed by atoms with Crippen molar-refractivity contribution in [3.8, 4) is 17.0 Å². The topological polar surface area (TPSA) is 87.5 Å². The normalized spacial score (nSPS) is 11.5. The maximum Gasteiger partial charge on any atom is 0.272 e. The van der Waals surface area contributed by atoms with Crippen LogP contribution in [0.25, 0.3) is 11.3 Å². The first-order valence-electron chi connectivity index (χ1n) is 8.70. The van der Waals surface area contributed by atoms with E-state index < -0.39 is 33.9 Å². The minimum Gasteiger partial charge on any atom is -0.494 e. The predicted molar refractivity (Wildman–Crippen MR) is 106 cm³/mol. The first kappa shape index (κ1) is 21.6. The lowest BCUT2D eigenvalue weighted by molar-refractivity contribution is 0.308. The molecule has 0 aliphatic heterocycles. The monoisotopic (exact) mass is 436 g/mol. The van der Waals surface area contributed by atoms with E-state index in [0.29, 0.717) is 11.1 Å². The molecule has 0 atom stereocenters. The van der Waals surface area contributed by atoms with E-state index in [1.54, 1.807) is 6.07 Å². The minimum absolute atomic E-state index is 0.00251. The number of benzene rings is 2. The van der Waals surface area contributed by atoms with Crippen LogP contribution in [0.2, 0.25) is 0 Å². The summed E-state index contributed by atoms with van der Waals surface area (Å²) in [6.07, 6.45) is 0.866. The predicted octanol–water partition coefficient (Wildman–Crippen LogP) is 2.72. The van der Waals surface area contributed by atoms with Gasteiger partial charge in [0.1, 0.15) is 5.82 Å². The van der Waals surface area contributed by atoms with E-state index in [1.807, 2.05) is 0 Å². The summed E-state index contributed by atoms with van der Waals surface area (Å²) in [6.45, 7) is -0.507. The van der Waals surface area contributed by atoms with Crippen molar-refractivity contribution in [2.75, 3.05) is 13.4 Å². The summed E-state index contributed by atoms with van der Waals surface area (Å²) >= 11 is 0. The average molecular weight is 436 g/mol. The smallest absolute Gasteiger partial charge is 0.272 e. The summed E-state index contributed by atoms with van der Waals surface area (Å²) in [5, 5.41) is 4.26. The van der Waals surface area contributed by atoms with Gasteiger partial charge in [-0.1, -0.05) is 12.1 Å². The molecule has 0 spiro atoms. The Morgan fingerprint density at radius 1 is 1.07 bits per heavy atom. The van der Waals surface area contributed by atoms with Gasteiger partial charge in [0, 0.05) is 11.1 Å². The fourth-order valence-corrected chi connectivity index (χ4v) is 3.05. The summed E-state index contributed by atoms with van der Waals surface area (Å²) in [7, 11) is -2.46. The van der Waals surface area contributed by atoms with Gasteiger partial charge in [0.2, 0.25) is 0 Å². The second-order valence-corrected chi connectivity index (χ2v) is 8.10. The molecule has 1 heterocycles. The molecule has 1 aromatic heterocycles. The van der Waals surface area contributed by atoms with Gasteiger partial charge in [-0.25, -0.2) is 13.5 Å². The summed E-state index contributed by atoms with van der Waals surface area (Å²) in [4.78, 5) is 12.8. The highest BCUT2D eigenvalue weighted by Crippen LogP contribution is 2.24. The Morgan fingerprint density at radius 2 is 1.77 bits per heavy atom. The number of hydrogen-bond acceptors (Lipinski definition) is 6. The quantitative estimate of drug-likeness (QED) is 0.530. The summed E-state index contributed by atoms with van der Waals surface area (Å²) in [5.74, 6) is -1.01. The molecule has 30 heavy (non-hydrogen) atoms. The van der Waals surface area contributed by atoms with Gasteiger partial charge in [-0.15, -0.1) is 0 Å². The Hall–Kier alpha value is -3.11. The van der Waals surface area contributed by atoms with Crippen LogP contribution in [0.15, 0.2) is 53.3 Å². The lowest BCUT2D eigenvalue weighted by Gasteiger charge is -2.12. The van der Waals surface area contributed by atoms with Gasteiger partial charge in [0.25, 0.3) is 15.7 Å². The van der Waals surface area contributed by atoms with Crippen LogP contribution in [0.4, 0.5) is 8.78 Å². The van der Waals surface area contributed by atoms with Gasteiger partial charge in [0.05, 0.1) is 32.2 Å². The Labute approximate surface area is 171 Å². The van der Waals surface area contributed by atoms with Crippen molar-refractivity contribution in [3.05, 3.63) is 81.6 Å². The molecule has 0 amide bonds. The van der Waals surface area contributed by atoms with Crippen molar-refractivity contribution in [1.29, 1.82) is 0 Å². The van der Waals surface area contributed by atoms with Crippen LogP contribution < -0.4 is 10.3 Å². The highest BCUT2D eigenvalue weighted by molar-refractivity contribution is 7.85. The first-order chi connectivity index (χ1) is 14.2. The van der Waals surface area contributed by atoms with Crippen molar-refractivity contribution in [2.45, 2.75) is 13.2 Å². The van der Waals surface area contributed by atoms with Gasteiger partial charge in [0.15, 0.2) is 11.6 Å². The van der Waals surface area contributed by atoms with Crippen molar-refractivity contribution < 1.29 is 26.1 Å². The van der Waals surface area contributed by atoms with E-state index in [-0.39, 0.29) is 23.6 Å². The average Bonchev–Trinajstić information content (AvgIpc) is 2.69. The van der Waals surface area contributed by atoms with E-state index in [2.05, 4.69) is 5.10 Å². The molecule has 2 aromatic carbocycles. The molecule has 0 saturated heterocycles. The molecule has 0 fully saturated rings. The zero-order chi connectivity index (χ0) is 21.9. The Morgan fingerprint density at radius 3 is 2.37 bits per heavy atom. The first-order valence-corrected chi connectivity index (χ1v) is 10.5. The van der Waals surface area contributed by atoms with Crippen LogP contribution in [0.1, 0.15) is 11.1 Å². The second-order valence-electron chi connectivity index (χ2n) is 6.46. The molecule has 0 aliphatic rings. The number of rotatable bonds is 7. The molecule has 158 valence electrons. The fraction of sp³-hybridized carbons (Fsp3) is 0.200. The van der Waals surface area contributed by atoms with Crippen LogP contribution in [0.5, 0.6) is 5.75 Å². The lowest BCUT2D eigenvalue weighted by Crippen LogP contribution is -2.28. The van der Waals surface area contributed by atoms with Crippen LogP contribution >= 0.6 is 0 Å². The van der Waals surface area contributed by atoms with Gasteiger partial charge in [-0.2, -0.15) is 13.5 Å². The van der Waals surface area contributed by atoms with E-state index in [0.717, 1.165) is 10.9 Å². The zero-order valence-corrected chi connectivity index (χ0v) is 16.9. The van der Waals surface area contributed by atoms with Gasteiger partial charge >= 0.3 is 0 Å². The molecule has 7 nitrogen and oxygen atoms in total. The van der Waals surface area contributed by atoms with Crippen molar-refractivity contribution in [3.63, 3.8) is 0 Å². The molecule has 10 heteroatoms. The Kier molecular flexibility index (Phi) is 6.28. The summed E-state index contributed by atoms with van der Waals surface area (Å²) in [6, 6.07) is 11.0. The van der Waals surface area contributed by atoms with Crippen LogP contribution in [0.3, 0.4) is 0 Å². The van der Waals surface area contributed by atoms with Crippen molar-refractivity contribution in [2.24, 2.45) is 0 Å². The van der Waals surface area contributed by atoms with Crippen LogP contribution in [-0.4, -0.2) is 31.6 Å². The number of methoxy groups -OCH3 is 1. The highest BCUT2D eigenvalue weighted by atomic mass is 32.2. The molecular weight excluding hydrogens is 418 g/mol. The molecule has 3 aromatic rings. The maximum atomic E-state index is 14.1. The van der Waals surface area contributed by atoms with E-state index in [9.17, 15) is 22.0 Å². The highest BCUT2D eigenvalue weighted by Gasteiger charge is 2.15. The largest absolute Gasteiger partial charge is 0.494 e. The molecule has 3 rings (SSSR count). The number of hydrogen-bond donors (Lipinski definition) is 0. The van der Waals surface area contributed by atoms with Gasteiger partial charge in [-0.3, -0.25) is 8.98 Å². The van der Waals surface area contributed by atoms with Crippen molar-refractivity contribution >= 4 is 10.1 Å². The third-order valence-corrected chi connectivity index (χ3v) is 4.72. The molecule has 0 unspecified atom stereocenters. The second kappa shape index (κ2) is 8.72. The number of ether oxygens (including phenoxy) is 1. The standard InChI is InChI=1S/C20H18F2N2O5S/c1-28-19-8-5-14(9-17(19)22)18-10-15(12-29-30(2,26)27)20(25)24(23-18)11-13-3-6-16(21)7-4-13/h3-10H,11-12H2,1-2H3. The zero-order valence-electron chi connectivity index (χ0n) is 16.1. The van der Waals surface area contributed by atoms with Gasteiger partial charge in [-0.05, 0) is 42.0 Å². The third kappa shape index (κ3) is 5.28. The molecule has 0 bridgehead atoms. The number of aromatic nitrogens is 2. The maximum absolute atomic E-state index is 14.1.